The number of benzene rings is 2. The first kappa shape index (κ1) is 11.4. The van der Waals surface area contributed by atoms with Gasteiger partial charge in [0.2, 0.25) is 0 Å². The van der Waals surface area contributed by atoms with Gasteiger partial charge in [-0.15, -0.1) is 10.2 Å². The predicted octanol–water partition coefficient (Wildman–Crippen LogP) is 3.35. The minimum absolute atomic E-state index is 0.0492. The van der Waals surface area contributed by atoms with Crippen LogP contribution in [-0.4, -0.2) is 14.8 Å². The highest BCUT2D eigenvalue weighted by atomic mass is 15.3. The lowest BCUT2D eigenvalue weighted by atomic mass is 9.95. The number of nitrogens with zero attached hydrogens (tertiary/aromatic N) is 3. The van der Waals surface area contributed by atoms with E-state index < -0.39 is 0 Å². The van der Waals surface area contributed by atoms with Crippen molar-refractivity contribution in [2.24, 2.45) is 0 Å². The Morgan fingerprint density at radius 2 is 1.50 bits per heavy atom. The fourth-order valence-corrected chi connectivity index (χ4v) is 2.86. The van der Waals surface area contributed by atoms with Crippen molar-refractivity contribution in [1.29, 1.82) is 0 Å². The van der Waals surface area contributed by atoms with Crippen molar-refractivity contribution in [3.8, 4) is 5.69 Å². The Morgan fingerprint density at radius 1 is 0.850 bits per heavy atom. The van der Waals surface area contributed by atoms with Gasteiger partial charge < -0.3 is 0 Å². The summed E-state index contributed by atoms with van der Waals surface area (Å²) in [4.78, 5) is 0. The molecule has 1 fully saturated rings. The first-order valence-corrected chi connectivity index (χ1v) is 6.92. The monoisotopic (exact) mass is 261 g/mol. The highest BCUT2D eigenvalue weighted by Crippen LogP contribution is 2.52. The summed E-state index contributed by atoms with van der Waals surface area (Å²) >= 11 is 0. The van der Waals surface area contributed by atoms with Crippen LogP contribution in [0.3, 0.4) is 0 Å². The summed E-state index contributed by atoms with van der Waals surface area (Å²) in [6.45, 7) is 0. The van der Waals surface area contributed by atoms with E-state index in [4.69, 9.17) is 0 Å². The molecule has 0 spiro atoms. The fraction of sp³-hybridized carbons (Fsp3) is 0.176. The zero-order valence-corrected chi connectivity index (χ0v) is 11.1. The van der Waals surface area contributed by atoms with Gasteiger partial charge in [-0.25, -0.2) is 0 Å². The summed E-state index contributed by atoms with van der Waals surface area (Å²) in [5.41, 5.74) is 2.51. The Hall–Kier alpha value is -2.42. The molecular weight excluding hydrogens is 246 g/mol. The van der Waals surface area contributed by atoms with Crippen molar-refractivity contribution in [3.05, 3.63) is 78.4 Å². The highest BCUT2D eigenvalue weighted by molar-refractivity contribution is 5.43. The third-order valence-electron chi connectivity index (χ3n) is 4.09. The lowest BCUT2D eigenvalue weighted by molar-refractivity contribution is 0.727. The molecule has 1 aliphatic carbocycles. The molecule has 0 radical (unpaired) electrons. The van der Waals surface area contributed by atoms with Gasteiger partial charge in [0, 0.05) is 5.69 Å². The number of rotatable bonds is 3. The van der Waals surface area contributed by atoms with E-state index in [-0.39, 0.29) is 5.41 Å². The Balaban J connectivity index is 1.83. The van der Waals surface area contributed by atoms with Gasteiger partial charge >= 0.3 is 0 Å². The lowest BCUT2D eigenvalue weighted by Crippen LogP contribution is -2.15. The molecule has 20 heavy (non-hydrogen) atoms. The molecule has 0 N–H and O–H groups in total. The van der Waals surface area contributed by atoms with E-state index in [1.165, 1.54) is 5.56 Å². The maximum atomic E-state index is 4.42. The van der Waals surface area contributed by atoms with Gasteiger partial charge in [-0.2, -0.15) is 0 Å². The van der Waals surface area contributed by atoms with E-state index in [1.807, 2.05) is 24.5 Å². The molecular formula is C17H15N3. The van der Waals surface area contributed by atoms with Gasteiger partial charge in [-0.1, -0.05) is 48.5 Å². The maximum absolute atomic E-state index is 4.42. The van der Waals surface area contributed by atoms with E-state index in [0.717, 1.165) is 24.4 Å². The van der Waals surface area contributed by atoms with E-state index in [0.29, 0.717) is 0 Å². The molecule has 2 aromatic carbocycles. The molecule has 1 aliphatic rings. The molecule has 0 saturated heterocycles. The van der Waals surface area contributed by atoms with Gasteiger partial charge in [-0.3, -0.25) is 4.57 Å². The minimum atomic E-state index is 0.0492. The van der Waals surface area contributed by atoms with Crippen LogP contribution in [0.4, 0.5) is 0 Å². The summed E-state index contributed by atoms with van der Waals surface area (Å²) in [6.07, 6.45) is 4.10. The summed E-state index contributed by atoms with van der Waals surface area (Å²) in [5.74, 6) is 1.05. The van der Waals surface area contributed by atoms with Gasteiger partial charge in [0.15, 0.2) is 0 Å². The molecule has 0 unspecified atom stereocenters. The Morgan fingerprint density at radius 3 is 2.15 bits per heavy atom. The van der Waals surface area contributed by atoms with Crippen LogP contribution >= 0.6 is 0 Å². The Bertz CT molecular complexity index is 712. The minimum Gasteiger partial charge on any atom is -0.285 e. The Labute approximate surface area is 117 Å². The molecule has 0 atom stereocenters. The molecule has 1 saturated carbocycles. The normalized spacial score (nSPS) is 16.0. The second kappa shape index (κ2) is 4.30. The van der Waals surface area contributed by atoms with Crippen LogP contribution in [0.2, 0.25) is 0 Å². The number of hydrogen-bond acceptors (Lipinski definition) is 2. The van der Waals surface area contributed by atoms with Crippen LogP contribution in [0, 0.1) is 0 Å². The number of hydrogen-bond donors (Lipinski definition) is 0. The SMILES string of the molecule is c1ccc(-n2cnnc2C2(c3ccccc3)CC2)cc1. The third kappa shape index (κ3) is 1.67. The average molecular weight is 261 g/mol. The van der Waals surface area contributed by atoms with Crippen LogP contribution in [0.15, 0.2) is 67.0 Å². The van der Waals surface area contributed by atoms with Gasteiger partial charge in [-0.05, 0) is 30.5 Å². The topological polar surface area (TPSA) is 30.7 Å². The smallest absolute Gasteiger partial charge is 0.148 e. The fourth-order valence-electron chi connectivity index (χ4n) is 2.86. The highest BCUT2D eigenvalue weighted by Gasteiger charge is 2.49. The first-order chi connectivity index (χ1) is 9.90. The Kier molecular flexibility index (Phi) is 2.46. The zero-order valence-electron chi connectivity index (χ0n) is 11.1. The summed E-state index contributed by atoms with van der Waals surface area (Å²) in [7, 11) is 0. The van der Waals surface area contributed by atoms with Crippen molar-refractivity contribution in [2.75, 3.05) is 0 Å². The van der Waals surface area contributed by atoms with Crippen LogP contribution in [0.25, 0.3) is 5.69 Å². The molecule has 0 amide bonds. The molecule has 0 aliphatic heterocycles. The largest absolute Gasteiger partial charge is 0.285 e. The zero-order chi connectivity index (χ0) is 13.4. The van der Waals surface area contributed by atoms with Crippen molar-refractivity contribution >= 4 is 0 Å². The van der Waals surface area contributed by atoms with Crippen LogP contribution < -0.4 is 0 Å². The van der Waals surface area contributed by atoms with Crippen molar-refractivity contribution < 1.29 is 0 Å². The second-order valence-electron chi connectivity index (χ2n) is 5.31. The van der Waals surface area contributed by atoms with Crippen molar-refractivity contribution in [3.63, 3.8) is 0 Å². The van der Waals surface area contributed by atoms with Gasteiger partial charge in [0.05, 0.1) is 5.41 Å². The molecule has 0 bridgehead atoms. The number of aromatic nitrogens is 3. The van der Waals surface area contributed by atoms with Gasteiger partial charge in [0.25, 0.3) is 0 Å². The van der Waals surface area contributed by atoms with Crippen LogP contribution in [0.1, 0.15) is 24.2 Å². The number of para-hydroxylation sites is 1. The summed E-state index contributed by atoms with van der Waals surface area (Å²) in [5, 5.41) is 8.56. The molecule has 1 aromatic heterocycles. The third-order valence-corrected chi connectivity index (χ3v) is 4.09. The summed E-state index contributed by atoms with van der Waals surface area (Å²) in [6, 6.07) is 20.9. The van der Waals surface area contributed by atoms with Crippen molar-refractivity contribution in [2.45, 2.75) is 18.3 Å². The van der Waals surface area contributed by atoms with Crippen LogP contribution in [-0.2, 0) is 5.41 Å². The molecule has 3 heteroatoms. The molecule has 3 nitrogen and oxygen atoms in total. The van der Waals surface area contributed by atoms with Gasteiger partial charge in [0.1, 0.15) is 12.2 Å². The molecule has 3 aromatic rings. The second-order valence-corrected chi connectivity index (χ2v) is 5.31. The standard InChI is InChI=1S/C17H15N3/c1-3-7-14(8-4-1)17(11-12-17)16-19-18-13-20(16)15-9-5-2-6-10-15/h1-10,13H,11-12H2. The van der Waals surface area contributed by atoms with E-state index in [2.05, 4.69) is 57.2 Å². The molecule has 4 rings (SSSR count). The summed E-state index contributed by atoms with van der Waals surface area (Å²) < 4.78 is 2.11. The van der Waals surface area contributed by atoms with E-state index >= 15 is 0 Å². The molecule has 1 heterocycles. The average Bonchev–Trinajstić information content (AvgIpc) is 3.19. The van der Waals surface area contributed by atoms with Crippen molar-refractivity contribution in [1.82, 2.24) is 14.8 Å². The molecule has 98 valence electrons. The predicted molar refractivity (Wildman–Crippen MR) is 77.8 cm³/mol. The quantitative estimate of drug-likeness (QED) is 0.724. The van der Waals surface area contributed by atoms with Crippen LogP contribution in [0.5, 0.6) is 0 Å². The first-order valence-electron chi connectivity index (χ1n) is 6.92. The van der Waals surface area contributed by atoms with E-state index in [9.17, 15) is 0 Å². The lowest BCUT2D eigenvalue weighted by Gasteiger charge is -2.16. The maximum Gasteiger partial charge on any atom is 0.148 e. The van der Waals surface area contributed by atoms with E-state index in [1.54, 1.807) is 0 Å².